The summed E-state index contributed by atoms with van der Waals surface area (Å²) in [5, 5.41) is 11.0. The van der Waals surface area contributed by atoms with Crippen LogP contribution >= 0.6 is 0 Å². The number of nitrogens with zero attached hydrogens (tertiary/aromatic N) is 2. The fourth-order valence-electron chi connectivity index (χ4n) is 3.08. The third kappa shape index (κ3) is 5.70. The van der Waals surface area contributed by atoms with Crippen molar-refractivity contribution >= 4 is 22.0 Å². The van der Waals surface area contributed by atoms with Crippen LogP contribution in [0.2, 0.25) is 0 Å². The van der Waals surface area contributed by atoms with Gasteiger partial charge >= 0.3 is 6.03 Å². The molecule has 28 heavy (non-hydrogen) atoms. The van der Waals surface area contributed by atoms with Crippen molar-refractivity contribution in [2.24, 2.45) is 5.92 Å². The van der Waals surface area contributed by atoms with Gasteiger partial charge in [0.2, 0.25) is 5.91 Å². The Morgan fingerprint density at radius 2 is 2.04 bits per heavy atom. The number of piperidine rings is 1. The highest BCUT2D eigenvalue weighted by molar-refractivity contribution is 7.89. The van der Waals surface area contributed by atoms with Crippen molar-refractivity contribution in [1.29, 1.82) is 0 Å². The molecule has 1 atom stereocenters. The number of carbonyl (C=O) groups excluding carboxylic acids is 2. The molecule has 1 aromatic carbocycles. The molecule has 3 N–H and O–H groups in total. The van der Waals surface area contributed by atoms with E-state index in [0.29, 0.717) is 19.6 Å². The number of sulfonamides is 1. The first-order valence-electron chi connectivity index (χ1n) is 9.04. The molecule has 9 nitrogen and oxygen atoms in total. The van der Waals surface area contributed by atoms with Gasteiger partial charge in [-0.25, -0.2) is 18.7 Å². The summed E-state index contributed by atoms with van der Waals surface area (Å²) in [6, 6.07) is 7.27. The fraction of sp³-hybridized carbons (Fsp3) is 0.444. The van der Waals surface area contributed by atoms with Crippen molar-refractivity contribution in [3.05, 3.63) is 42.6 Å². The Kier molecular flexibility index (Phi) is 7.82. The van der Waals surface area contributed by atoms with Gasteiger partial charge < -0.3 is 10.2 Å². The van der Waals surface area contributed by atoms with Gasteiger partial charge in [-0.3, -0.25) is 14.3 Å². The Morgan fingerprint density at radius 1 is 1.32 bits per heavy atom. The summed E-state index contributed by atoms with van der Waals surface area (Å²) in [5.41, 5.74) is 1.50. The molecular weight excluding hydrogens is 384 g/mol. The lowest BCUT2D eigenvalue weighted by molar-refractivity contribution is -0.132. The molecule has 1 aliphatic heterocycles. The van der Waals surface area contributed by atoms with Crippen LogP contribution in [-0.2, 0) is 14.8 Å². The number of benzene rings is 1. The van der Waals surface area contributed by atoms with Gasteiger partial charge in [-0.05, 0) is 37.8 Å². The van der Waals surface area contributed by atoms with Crippen LogP contribution < -0.4 is 10.8 Å². The van der Waals surface area contributed by atoms with E-state index >= 15 is 0 Å². The number of likely N-dealkylation sites (tertiary alicyclic amines) is 1. The normalized spacial score (nSPS) is 17.4. The lowest BCUT2D eigenvalue weighted by Gasteiger charge is -2.34. The maximum absolute atomic E-state index is 12.8. The van der Waals surface area contributed by atoms with E-state index in [0.717, 1.165) is 17.1 Å². The molecule has 0 bridgehead atoms. The van der Waals surface area contributed by atoms with Crippen LogP contribution in [0.5, 0.6) is 0 Å². The Balaban J connectivity index is 2.04. The summed E-state index contributed by atoms with van der Waals surface area (Å²) in [6.45, 7) is 2.67. The van der Waals surface area contributed by atoms with Crippen LogP contribution in [0, 0.1) is 5.92 Å². The summed E-state index contributed by atoms with van der Waals surface area (Å²) >= 11 is 0. The quantitative estimate of drug-likeness (QED) is 0.460. The van der Waals surface area contributed by atoms with Crippen molar-refractivity contribution in [3.63, 3.8) is 0 Å². The molecule has 0 radical (unpaired) electrons. The van der Waals surface area contributed by atoms with Gasteiger partial charge in [0.1, 0.15) is 6.54 Å². The van der Waals surface area contributed by atoms with E-state index in [9.17, 15) is 18.0 Å². The Morgan fingerprint density at radius 3 is 2.68 bits per heavy atom. The first-order chi connectivity index (χ1) is 13.4. The van der Waals surface area contributed by atoms with Gasteiger partial charge in [0.15, 0.2) is 0 Å². The minimum atomic E-state index is -3.83. The molecule has 1 aromatic rings. The van der Waals surface area contributed by atoms with Crippen molar-refractivity contribution in [2.75, 3.05) is 26.2 Å². The maximum atomic E-state index is 12.8. The fourth-order valence-corrected chi connectivity index (χ4v) is 4.41. The van der Waals surface area contributed by atoms with Gasteiger partial charge in [-0.15, -0.1) is 0 Å². The predicted octanol–water partition coefficient (Wildman–Crippen LogP) is 1.14. The maximum Gasteiger partial charge on any atom is 0.338 e. The number of amides is 3. The number of rotatable bonds is 7. The summed E-state index contributed by atoms with van der Waals surface area (Å²) in [4.78, 5) is 25.6. The predicted molar refractivity (Wildman–Crippen MR) is 103 cm³/mol. The van der Waals surface area contributed by atoms with Gasteiger partial charge in [0.05, 0.1) is 4.90 Å². The van der Waals surface area contributed by atoms with Crippen molar-refractivity contribution in [2.45, 2.75) is 24.7 Å². The van der Waals surface area contributed by atoms with E-state index in [1.165, 1.54) is 23.8 Å². The number of urea groups is 1. The standard InChI is InChI=1S/C18H26N4O5S/c1-2-10-22(28(26,27)16-8-4-3-5-9-16)14-17(23)21-11-6-7-15(13-21)12-19-18(24)20-25/h2-5,8-10,15,25H,6-7,11-14H2,1H3,(H2,19,20,24)/b10-2+. The van der Waals surface area contributed by atoms with E-state index in [1.807, 2.05) is 0 Å². The molecule has 0 saturated carbocycles. The minimum Gasteiger partial charge on any atom is -0.341 e. The third-order valence-corrected chi connectivity index (χ3v) is 6.22. The van der Waals surface area contributed by atoms with E-state index < -0.39 is 16.1 Å². The highest BCUT2D eigenvalue weighted by Gasteiger charge is 2.28. The number of allylic oxidation sites excluding steroid dienone is 1. The van der Waals surface area contributed by atoms with Gasteiger partial charge in [-0.1, -0.05) is 24.3 Å². The van der Waals surface area contributed by atoms with Crippen molar-refractivity contribution in [3.8, 4) is 0 Å². The SMILES string of the molecule is C/C=C/N(CC(=O)N1CCCC(CNC(=O)NO)C1)S(=O)(=O)c1ccccc1. The molecule has 10 heteroatoms. The molecule has 1 aliphatic rings. The smallest absolute Gasteiger partial charge is 0.338 e. The number of nitrogens with one attached hydrogen (secondary N) is 2. The molecule has 0 spiro atoms. The second kappa shape index (κ2) is 10.1. The van der Waals surface area contributed by atoms with E-state index in [-0.39, 0.29) is 23.3 Å². The Hall–Kier alpha value is -2.59. The number of carbonyl (C=O) groups is 2. The largest absolute Gasteiger partial charge is 0.341 e. The molecule has 1 unspecified atom stereocenters. The number of hydroxylamine groups is 1. The van der Waals surface area contributed by atoms with Crippen LogP contribution in [0.15, 0.2) is 47.5 Å². The zero-order valence-corrected chi connectivity index (χ0v) is 16.6. The Bertz CT molecular complexity index is 797. The zero-order valence-electron chi connectivity index (χ0n) is 15.7. The summed E-state index contributed by atoms with van der Waals surface area (Å²) in [5.74, 6) is -0.259. The second-order valence-electron chi connectivity index (χ2n) is 6.52. The average Bonchev–Trinajstić information content (AvgIpc) is 2.72. The summed E-state index contributed by atoms with van der Waals surface area (Å²) in [6.07, 6.45) is 4.54. The van der Waals surface area contributed by atoms with Crippen LogP contribution in [-0.4, -0.2) is 60.9 Å². The highest BCUT2D eigenvalue weighted by Crippen LogP contribution is 2.19. The molecule has 3 amide bonds. The first-order valence-corrected chi connectivity index (χ1v) is 10.5. The van der Waals surface area contributed by atoms with Gasteiger partial charge in [0, 0.05) is 25.8 Å². The Labute approximate surface area is 165 Å². The van der Waals surface area contributed by atoms with Crippen LogP contribution in [0.3, 0.4) is 0 Å². The van der Waals surface area contributed by atoms with Gasteiger partial charge in [0.25, 0.3) is 10.0 Å². The van der Waals surface area contributed by atoms with Crippen LogP contribution in [0.25, 0.3) is 0 Å². The molecule has 1 heterocycles. The van der Waals surface area contributed by atoms with Gasteiger partial charge in [-0.2, -0.15) is 0 Å². The molecular formula is C18H26N4O5S. The van der Waals surface area contributed by atoms with E-state index in [4.69, 9.17) is 5.21 Å². The number of hydrogen-bond donors (Lipinski definition) is 3. The molecule has 0 aromatic heterocycles. The number of hydrogen-bond acceptors (Lipinski definition) is 5. The van der Waals surface area contributed by atoms with E-state index in [2.05, 4.69) is 5.32 Å². The zero-order chi connectivity index (χ0) is 20.6. The minimum absolute atomic E-state index is 0.0379. The average molecular weight is 410 g/mol. The van der Waals surface area contributed by atoms with E-state index in [1.54, 1.807) is 36.1 Å². The summed E-state index contributed by atoms with van der Waals surface area (Å²) < 4.78 is 26.7. The first kappa shape index (κ1) is 21.7. The monoisotopic (exact) mass is 410 g/mol. The third-order valence-electron chi connectivity index (χ3n) is 4.48. The second-order valence-corrected chi connectivity index (χ2v) is 8.41. The lowest BCUT2D eigenvalue weighted by Crippen LogP contribution is -2.48. The highest BCUT2D eigenvalue weighted by atomic mass is 32.2. The molecule has 1 fully saturated rings. The summed E-state index contributed by atoms with van der Waals surface area (Å²) in [7, 11) is -3.83. The molecule has 0 aliphatic carbocycles. The van der Waals surface area contributed by atoms with Crippen molar-refractivity contribution in [1.82, 2.24) is 20.0 Å². The molecule has 1 saturated heterocycles. The topological polar surface area (TPSA) is 119 Å². The molecule has 2 rings (SSSR count). The van der Waals surface area contributed by atoms with Crippen LogP contribution in [0.4, 0.5) is 4.79 Å². The molecule has 154 valence electrons. The lowest BCUT2D eigenvalue weighted by atomic mass is 9.98. The van der Waals surface area contributed by atoms with Crippen molar-refractivity contribution < 1.29 is 23.2 Å². The van der Waals surface area contributed by atoms with Crippen LogP contribution in [0.1, 0.15) is 19.8 Å².